The molecule has 3 heteroatoms. The molecule has 112 valence electrons. The van der Waals surface area contributed by atoms with Gasteiger partial charge in [0.1, 0.15) is 5.82 Å². The van der Waals surface area contributed by atoms with E-state index in [1.165, 1.54) is 11.1 Å². The van der Waals surface area contributed by atoms with Crippen molar-refractivity contribution in [2.24, 2.45) is 0 Å². The summed E-state index contributed by atoms with van der Waals surface area (Å²) in [6, 6.07) is 8.37. The summed E-state index contributed by atoms with van der Waals surface area (Å²) in [6.07, 6.45) is 1.08. The predicted molar refractivity (Wildman–Crippen MR) is 89.8 cm³/mol. The summed E-state index contributed by atoms with van der Waals surface area (Å²) < 4.78 is 0. The fraction of sp³-hybridized carbons (Fsp3) is 0.444. The Balaban J connectivity index is 2.48. The second-order valence-corrected chi connectivity index (χ2v) is 5.84. The van der Waals surface area contributed by atoms with E-state index in [2.05, 4.69) is 64.2 Å². The number of benzene rings is 1. The Hall–Kier alpha value is -1.90. The maximum atomic E-state index is 4.77. The average molecular weight is 283 g/mol. The van der Waals surface area contributed by atoms with E-state index >= 15 is 0 Å². The van der Waals surface area contributed by atoms with Gasteiger partial charge in [0.05, 0.1) is 0 Å². The summed E-state index contributed by atoms with van der Waals surface area (Å²) in [6.45, 7) is 11.6. The molecular weight excluding hydrogens is 258 g/mol. The molecule has 0 bridgehead atoms. The number of hydrogen-bond donors (Lipinski definition) is 1. The minimum atomic E-state index is 0.413. The lowest BCUT2D eigenvalue weighted by Gasteiger charge is -2.17. The van der Waals surface area contributed by atoms with Crippen LogP contribution in [-0.2, 0) is 0 Å². The zero-order valence-corrected chi connectivity index (χ0v) is 13.7. The second kappa shape index (κ2) is 6.70. The van der Waals surface area contributed by atoms with Crippen LogP contribution in [0, 0.1) is 13.8 Å². The van der Waals surface area contributed by atoms with Crippen LogP contribution in [0.15, 0.2) is 24.3 Å². The summed E-state index contributed by atoms with van der Waals surface area (Å²) in [4.78, 5) is 9.48. The van der Waals surface area contributed by atoms with Crippen LogP contribution >= 0.6 is 0 Å². The molecule has 3 nitrogen and oxygen atoms in total. The first-order chi connectivity index (χ1) is 10.0. The number of nitrogens with one attached hydrogen (secondary N) is 1. The molecule has 2 aromatic rings. The van der Waals surface area contributed by atoms with Gasteiger partial charge in [-0.15, -0.1) is 0 Å². The molecule has 21 heavy (non-hydrogen) atoms. The van der Waals surface area contributed by atoms with Crippen molar-refractivity contribution in [3.63, 3.8) is 0 Å². The average Bonchev–Trinajstić information content (AvgIpc) is 2.44. The standard InChI is InChI=1S/C18H25N3/c1-6-11-19-18-16(12(2)3)14(5)20-17(21-18)15-9-7-13(4)8-10-15/h7-10,12H,6,11H2,1-5H3,(H,19,20,21). The SMILES string of the molecule is CCCNc1nc(-c2ccc(C)cc2)nc(C)c1C(C)C. The summed E-state index contributed by atoms with van der Waals surface area (Å²) in [5, 5.41) is 3.46. The lowest BCUT2D eigenvalue weighted by molar-refractivity contribution is 0.826. The molecule has 1 aromatic heterocycles. The Morgan fingerprint density at radius 1 is 1.05 bits per heavy atom. The highest BCUT2D eigenvalue weighted by Crippen LogP contribution is 2.28. The second-order valence-electron chi connectivity index (χ2n) is 5.84. The minimum absolute atomic E-state index is 0.413. The Kier molecular flexibility index (Phi) is 4.94. The maximum Gasteiger partial charge on any atom is 0.161 e. The zero-order chi connectivity index (χ0) is 15.4. The molecule has 0 radical (unpaired) electrons. The molecular formula is C18H25N3. The highest BCUT2D eigenvalue weighted by molar-refractivity contribution is 5.60. The van der Waals surface area contributed by atoms with E-state index in [0.29, 0.717) is 5.92 Å². The van der Waals surface area contributed by atoms with Gasteiger partial charge in [0.15, 0.2) is 5.82 Å². The van der Waals surface area contributed by atoms with E-state index < -0.39 is 0 Å². The number of aromatic nitrogens is 2. The highest BCUT2D eigenvalue weighted by Gasteiger charge is 2.15. The Morgan fingerprint density at radius 2 is 1.71 bits per heavy atom. The number of rotatable bonds is 5. The topological polar surface area (TPSA) is 37.8 Å². The van der Waals surface area contributed by atoms with Gasteiger partial charge in [0, 0.05) is 23.4 Å². The van der Waals surface area contributed by atoms with Crippen LogP contribution < -0.4 is 5.32 Å². The lowest BCUT2D eigenvalue weighted by atomic mass is 10.0. The number of anilines is 1. The van der Waals surface area contributed by atoms with E-state index in [9.17, 15) is 0 Å². The predicted octanol–water partition coefficient (Wildman–Crippen LogP) is 4.71. The van der Waals surface area contributed by atoms with E-state index in [1.807, 2.05) is 0 Å². The summed E-state index contributed by atoms with van der Waals surface area (Å²) in [5.74, 6) is 2.20. The molecule has 0 aliphatic rings. The van der Waals surface area contributed by atoms with Crippen molar-refractivity contribution < 1.29 is 0 Å². The number of nitrogens with zero attached hydrogens (tertiary/aromatic N) is 2. The third-order valence-electron chi connectivity index (χ3n) is 3.57. The van der Waals surface area contributed by atoms with Crippen LogP contribution in [0.1, 0.15) is 49.9 Å². The fourth-order valence-corrected chi connectivity index (χ4v) is 2.48. The highest BCUT2D eigenvalue weighted by atomic mass is 15.0. The molecule has 0 atom stereocenters. The van der Waals surface area contributed by atoms with Gasteiger partial charge in [-0.1, -0.05) is 50.6 Å². The van der Waals surface area contributed by atoms with Crippen molar-refractivity contribution >= 4 is 5.82 Å². The molecule has 0 unspecified atom stereocenters. The van der Waals surface area contributed by atoms with Gasteiger partial charge >= 0.3 is 0 Å². The molecule has 0 fully saturated rings. The van der Waals surface area contributed by atoms with E-state index in [4.69, 9.17) is 9.97 Å². The first-order valence-corrected chi connectivity index (χ1v) is 7.72. The van der Waals surface area contributed by atoms with Crippen LogP contribution in [0.3, 0.4) is 0 Å². The van der Waals surface area contributed by atoms with E-state index in [0.717, 1.165) is 35.9 Å². The first kappa shape index (κ1) is 15.5. The molecule has 0 saturated heterocycles. The summed E-state index contributed by atoms with van der Waals surface area (Å²) in [5.41, 5.74) is 4.60. The van der Waals surface area contributed by atoms with Crippen LogP contribution in [0.4, 0.5) is 5.82 Å². The molecule has 2 rings (SSSR count). The van der Waals surface area contributed by atoms with Gasteiger partial charge in [-0.3, -0.25) is 0 Å². The smallest absolute Gasteiger partial charge is 0.161 e. The quantitative estimate of drug-likeness (QED) is 0.863. The molecule has 1 aromatic carbocycles. The monoisotopic (exact) mass is 283 g/mol. The molecule has 0 spiro atoms. The normalized spacial score (nSPS) is 11.0. The van der Waals surface area contributed by atoms with Gasteiger partial charge in [0.25, 0.3) is 0 Å². The van der Waals surface area contributed by atoms with Gasteiger partial charge < -0.3 is 5.32 Å². The summed E-state index contributed by atoms with van der Waals surface area (Å²) in [7, 11) is 0. The maximum absolute atomic E-state index is 4.77. The van der Waals surface area contributed by atoms with Crippen molar-refractivity contribution in [3.05, 3.63) is 41.1 Å². The van der Waals surface area contributed by atoms with Crippen molar-refractivity contribution in [2.45, 2.75) is 47.0 Å². The third kappa shape index (κ3) is 3.60. The molecule has 0 saturated carbocycles. The van der Waals surface area contributed by atoms with Gasteiger partial charge in [-0.05, 0) is 26.2 Å². The Bertz CT molecular complexity index is 601. The van der Waals surface area contributed by atoms with Crippen molar-refractivity contribution in [3.8, 4) is 11.4 Å². The largest absolute Gasteiger partial charge is 0.370 e. The van der Waals surface area contributed by atoms with Crippen molar-refractivity contribution in [2.75, 3.05) is 11.9 Å². The lowest BCUT2D eigenvalue weighted by Crippen LogP contribution is -2.10. The van der Waals surface area contributed by atoms with Crippen LogP contribution in [0.2, 0.25) is 0 Å². The van der Waals surface area contributed by atoms with E-state index in [1.54, 1.807) is 0 Å². The Morgan fingerprint density at radius 3 is 2.29 bits per heavy atom. The number of hydrogen-bond acceptors (Lipinski definition) is 3. The Labute approximate surface area is 127 Å². The van der Waals surface area contributed by atoms with Crippen LogP contribution in [-0.4, -0.2) is 16.5 Å². The third-order valence-corrected chi connectivity index (χ3v) is 3.57. The molecule has 0 aliphatic heterocycles. The number of aryl methyl sites for hydroxylation is 2. The van der Waals surface area contributed by atoms with E-state index in [-0.39, 0.29) is 0 Å². The van der Waals surface area contributed by atoms with Crippen LogP contribution in [0.5, 0.6) is 0 Å². The first-order valence-electron chi connectivity index (χ1n) is 7.72. The molecule has 0 aliphatic carbocycles. The summed E-state index contributed by atoms with van der Waals surface area (Å²) >= 11 is 0. The fourth-order valence-electron chi connectivity index (χ4n) is 2.48. The molecule has 1 heterocycles. The molecule has 1 N–H and O–H groups in total. The van der Waals surface area contributed by atoms with Gasteiger partial charge in [-0.25, -0.2) is 9.97 Å². The zero-order valence-electron chi connectivity index (χ0n) is 13.7. The van der Waals surface area contributed by atoms with Crippen molar-refractivity contribution in [1.82, 2.24) is 9.97 Å². The van der Waals surface area contributed by atoms with Crippen molar-refractivity contribution in [1.29, 1.82) is 0 Å². The minimum Gasteiger partial charge on any atom is -0.370 e. The van der Waals surface area contributed by atoms with Gasteiger partial charge in [-0.2, -0.15) is 0 Å². The van der Waals surface area contributed by atoms with Crippen LogP contribution in [0.25, 0.3) is 11.4 Å². The molecule has 0 amide bonds. The van der Waals surface area contributed by atoms with Gasteiger partial charge in [0.2, 0.25) is 0 Å².